The van der Waals surface area contributed by atoms with Crippen molar-refractivity contribution in [2.45, 2.75) is 26.3 Å². The fourth-order valence-electron chi connectivity index (χ4n) is 3.58. The molecular weight excluding hydrogens is 364 g/mol. The Labute approximate surface area is 170 Å². The van der Waals surface area contributed by atoms with Crippen LogP contribution in [0.4, 0.5) is 5.82 Å². The topological polar surface area (TPSA) is 67.4 Å². The lowest BCUT2D eigenvalue weighted by Crippen LogP contribution is -2.37. The lowest BCUT2D eigenvalue weighted by Gasteiger charge is -2.29. The number of carbonyl (C=O) groups is 1. The van der Waals surface area contributed by atoms with E-state index < -0.39 is 0 Å². The molecule has 29 heavy (non-hydrogen) atoms. The maximum absolute atomic E-state index is 13.1. The molecule has 0 atom stereocenters. The van der Waals surface area contributed by atoms with Crippen molar-refractivity contribution < 1.29 is 9.53 Å². The van der Waals surface area contributed by atoms with E-state index in [1.807, 2.05) is 42.5 Å². The third-order valence-corrected chi connectivity index (χ3v) is 5.19. The van der Waals surface area contributed by atoms with Crippen LogP contribution in [0, 0.1) is 0 Å². The molecule has 1 aliphatic heterocycles. The van der Waals surface area contributed by atoms with Crippen LogP contribution in [0.1, 0.15) is 41.4 Å². The number of para-hydroxylation sites is 1. The summed E-state index contributed by atoms with van der Waals surface area (Å²) in [7, 11) is 0. The van der Waals surface area contributed by atoms with E-state index in [0.717, 1.165) is 41.1 Å². The van der Waals surface area contributed by atoms with Gasteiger partial charge in [0.05, 0.1) is 24.3 Å². The highest BCUT2D eigenvalue weighted by atomic mass is 16.5. The third-order valence-electron chi connectivity index (χ3n) is 5.19. The molecule has 0 aliphatic carbocycles. The number of nitrogens with zero attached hydrogens (tertiary/aromatic N) is 3. The number of rotatable bonds is 5. The van der Waals surface area contributed by atoms with Gasteiger partial charge >= 0.3 is 0 Å². The molecule has 1 aromatic carbocycles. The van der Waals surface area contributed by atoms with Gasteiger partial charge < -0.3 is 15.0 Å². The summed E-state index contributed by atoms with van der Waals surface area (Å²) in [6, 6.07) is 13.6. The second-order valence-electron chi connectivity index (χ2n) is 7.53. The molecule has 0 radical (unpaired) electrons. The summed E-state index contributed by atoms with van der Waals surface area (Å²) in [5.74, 6) is 1.07. The van der Waals surface area contributed by atoms with Gasteiger partial charge in [0.25, 0.3) is 5.91 Å². The number of hydrogen-bond donors (Lipinski definition) is 1. The molecule has 1 aliphatic rings. The zero-order chi connectivity index (χ0) is 20.2. The number of carbonyl (C=O) groups excluding carboxylic acids is 1. The Morgan fingerprint density at radius 2 is 1.97 bits per heavy atom. The second-order valence-corrected chi connectivity index (χ2v) is 7.53. The van der Waals surface area contributed by atoms with Gasteiger partial charge in [0.1, 0.15) is 5.82 Å². The normalized spacial score (nSPS) is 14.4. The Bertz CT molecular complexity index is 1010. The van der Waals surface area contributed by atoms with E-state index in [1.54, 1.807) is 6.20 Å². The number of aromatic nitrogens is 2. The number of morpholine rings is 1. The molecule has 0 saturated carbocycles. The van der Waals surface area contributed by atoms with E-state index in [4.69, 9.17) is 9.72 Å². The maximum Gasteiger partial charge on any atom is 0.252 e. The molecule has 1 fully saturated rings. The van der Waals surface area contributed by atoms with Gasteiger partial charge in [-0.1, -0.05) is 38.1 Å². The van der Waals surface area contributed by atoms with Crippen LogP contribution >= 0.6 is 0 Å². The predicted octanol–water partition coefficient (Wildman–Crippen LogP) is 3.52. The molecule has 6 heteroatoms. The molecule has 0 unspecified atom stereocenters. The summed E-state index contributed by atoms with van der Waals surface area (Å²) < 4.78 is 5.44. The first kappa shape index (κ1) is 19.3. The maximum atomic E-state index is 13.1. The molecule has 0 bridgehead atoms. The van der Waals surface area contributed by atoms with Gasteiger partial charge in [-0.2, -0.15) is 0 Å². The van der Waals surface area contributed by atoms with Crippen LogP contribution in [0.25, 0.3) is 10.9 Å². The van der Waals surface area contributed by atoms with Crippen LogP contribution in [0.3, 0.4) is 0 Å². The minimum absolute atomic E-state index is 0.0951. The quantitative estimate of drug-likeness (QED) is 0.722. The number of pyridine rings is 2. The van der Waals surface area contributed by atoms with Crippen LogP contribution < -0.4 is 10.2 Å². The Morgan fingerprint density at radius 1 is 1.17 bits per heavy atom. The van der Waals surface area contributed by atoms with Crippen LogP contribution in [0.15, 0.2) is 48.7 Å². The summed E-state index contributed by atoms with van der Waals surface area (Å²) in [6.07, 6.45) is 1.79. The molecule has 150 valence electrons. The molecule has 2 aromatic heterocycles. The van der Waals surface area contributed by atoms with Crippen molar-refractivity contribution in [2.75, 3.05) is 31.2 Å². The minimum Gasteiger partial charge on any atom is -0.378 e. The van der Waals surface area contributed by atoms with E-state index in [-0.39, 0.29) is 11.8 Å². The highest BCUT2D eigenvalue weighted by molar-refractivity contribution is 6.06. The Morgan fingerprint density at radius 3 is 2.76 bits per heavy atom. The van der Waals surface area contributed by atoms with Crippen LogP contribution in [0.5, 0.6) is 0 Å². The highest BCUT2D eigenvalue weighted by Gasteiger charge is 2.18. The summed E-state index contributed by atoms with van der Waals surface area (Å²) in [6.45, 7) is 7.61. The lowest BCUT2D eigenvalue weighted by atomic mass is 10.0. The standard InChI is InChI=1S/C23H26N4O2/c1-16(2)21-14-19(18-7-3-4-8-20(18)26-21)23(28)25-15-17-6-5-9-24-22(17)27-10-12-29-13-11-27/h3-9,14,16H,10-13,15H2,1-2H3,(H,25,28). The van der Waals surface area contributed by atoms with Gasteiger partial charge in [-0.05, 0) is 24.1 Å². The monoisotopic (exact) mass is 390 g/mol. The molecule has 1 amide bonds. The fraction of sp³-hybridized carbons (Fsp3) is 0.348. The Balaban J connectivity index is 1.58. The SMILES string of the molecule is CC(C)c1cc(C(=O)NCc2cccnc2N2CCOCC2)c2ccccc2n1. The van der Waals surface area contributed by atoms with E-state index in [1.165, 1.54) is 0 Å². The van der Waals surface area contributed by atoms with E-state index in [0.29, 0.717) is 25.3 Å². The minimum atomic E-state index is -0.0951. The number of hydrogen-bond acceptors (Lipinski definition) is 5. The first-order valence-corrected chi connectivity index (χ1v) is 10.1. The number of amides is 1. The van der Waals surface area contributed by atoms with Crippen molar-refractivity contribution >= 4 is 22.6 Å². The summed E-state index contributed by atoms with van der Waals surface area (Å²) in [4.78, 5) is 24.6. The van der Waals surface area contributed by atoms with Crippen molar-refractivity contribution in [3.63, 3.8) is 0 Å². The summed E-state index contributed by atoms with van der Waals surface area (Å²) in [5.41, 5.74) is 3.43. The molecule has 3 heterocycles. The number of fused-ring (bicyclic) bond motifs is 1. The smallest absolute Gasteiger partial charge is 0.252 e. The lowest BCUT2D eigenvalue weighted by molar-refractivity contribution is 0.0952. The molecule has 1 saturated heterocycles. The van der Waals surface area contributed by atoms with E-state index in [2.05, 4.69) is 29.0 Å². The van der Waals surface area contributed by atoms with Crippen LogP contribution in [-0.2, 0) is 11.3 Å². The average Bonchev–Trinajstić information content (AvgIpc) is 2.77. The molecule has 6 nitrogen and oxygen atoms in total. The Kier molecular flexibility index (Phi) is 5.71. The largest absolute Gasteiger partial charge is 0.378 e. The van der Waals surface area contributed by atoms with Crippen LogP contribution in [0.2, 0.25) is 0 Å². The van der Waals surface area contributed by atoms with Gasteiger partial charge in [0, 0.05) is 42.5 Å². The third kappa shape index (κ3) is 4.22. The van der Waals surface area contributed by atoms with Crippen molar-refractivity contribution in [1.29, 1.82) is 0 Å². The molecule has 0 spiro atoms. The molecule has 1 N–H and O–H groups in total. The first-order chi connectivity index (χ1) is 14.1. The van der Waals surface area contributed by atoms with Crippen molar-refractivity contribution in [3.05, 3.63) is 65.5 Å². The first-order valence-electron chi connectivity index (χ1n) is 10.1. The molecular formula is C23H26N4O2. The highest BCUT2D eigenvalue weighted by Crippen LogP contribution is 2.23. The van der Waals surface area contributed by atoms with Gasteiger partial charge in [0.2, 0.25) is 0 Å². The second kappa shape index (κ2) is 8.57. The van der Waals surface area contributed by atoms with Gasteiger partial charge in [-0.25, -0.2) is 4.98 Å². The summed E-state index contributed by atoms with van der Waals surface area (Å²) >= 11 is 0. The molecule has 3 aromatic rings. The number of benzene rings is 1. The van der Waals surface area contributed by atoms with E-state index >= 15 is 0 Å². The van der Waals surface area contributed by atoms with Gasteiger partial charge in [0.15, 0.2) is 0 Å². The molecule has 4 rings (SSSR count). The van der Waals surface area contributed by atoms with Crippen molar-refractivity contribution in [1.82, 2.24) is 15.3 Å². The predicted molar refractivity (Wildman–Crippen MR) is 114 cm³/mol. The van der Waals surface area contributed by atoms with Crippen molar-refractivity contribution in [2.24, 2.45) is 0 Å². The van der Waals surface area contributed by atoms with Gasteiger partial charge in [-0.3, -0.25) is 9.78 Å². The van der Waals surface area contributed by atoms with Gasteiger partial charge in [-0.15, -0.1) is 0 Å². The Hall–Kier alpha value is -2.99. The summed E-state index contributed by atoms with van der Waals surface area (Å²) in [5, 5.41) is 3.96. The number of nitrogens with one attached hydrogen (secondary N) is 1. The van der Waals surface area contributed by atoms with E-state index in [9.17, 15) is 4.79 Å². The number of ether oxygens (including phenoxy) is 1. The average molecular weight is 390 g/mol. The number of anilines is 1. The van der Waals surface area contributed by atoms with Crippen molar-refractivity contribution in [3.8, 4) is 0 Å². The fourth-order valence-corrected chi connectivity index (χ4v) is 3.58. The zero-order valence-corrected chi connectivity index (χ0v) is 16.9. The van der Waals surface area contributed by atoms with Crippen LogP contribution in [-0.4, -0.2) is 42.2 Å². The zero-order valence-electron chi connectivity index (χ0n) is 16.9.